The van der Waals surface area contributed by atoms with Gasteiger partial charge in [-0.2, -0.15) is 0 Å². The lowest BCUT2D eigenvalue weighted by atomic mass is 9.95. The van der Waals surface area contributed by atoms with Crippen LogP contribution in [-0.2, 0) is 6.42 Å². The second-order valence-corrected chi connectivity index (χ2v) is 4.77. The topological polar surface area (TPSA) is 42.4 Å². The molecule has 0 spiro atoms. The molecule has 3 heteroatoms. The number of ether oxygens (including phenoxy) is 1. The average Bonchev–Trinajstić information content (AvgIpc) is 2.38. The Bertz CT molecular complexity index is 552. The van der Waals surface area contributed by atoms with Gasteiger partial charge in [-0.1, -0.05) is 6.07 Å². The molecule has 0 aliphatic heterocycles. The first-order valence-corrected chi connectivity index (χ1v) is 6.34. The molecule has 0 saturated carbocycles. The molecule has 100 valence electrons. The van der Waals surface area contributed by atoms with E-state index in [1.165, 1.54) is 0 Å². The highest BCUT2D eigenvalue weighted by Crippen LogP contribution is 2.31. The number of rotatable bonds is 4. The molecule has 0 bridgehead atoms. The molecule has 1 N–H and O–H groups in total. The number of hydrogen-bond acceptors (Lipinski definition) is 3. The van der Waals surface area contributed by atoms with E-state index in [4.69, 9.17) is 4.74 Å². The third-order valence-corrected chi connectivity index (χ3v) is 3.22. The minimum atomic E-state index is -0.571. The Morgan fingerprint density at radius 2 is 1.89 bits per heavy atom. The smallest absolute Gasteiger partial charge is 0.125 e. The molecule has 0 radical (unpaired) electrons. The second-order valence-electron chi connectivity index (χ2n) is 4.77. The summed E-state index contributed by atoms with van der Waals surface area (Å²) in [6.07, 6.45) is 3.46. The molecule has 0 saturated heterocycles. The van der Waals surface area contributed by atoms with Crippen molar-refractivity contribution in [3.63, 3.8) is 0 Å². The van der Waals surface area contributed by atoms with E-state index >= 15 is 0 Å². The number of nitrogens with zero attached hydrogens (tertiary/aromatic N) is 1. The molecule has 0 aliphatic carbocycles. The van der Waals surface area contributed by atoms with Crippen molar-refractivity contribution in [3.05, 3.63) is 58.9 Å². The first kappa shape index (κ1) is 13.6. The van der Waals surface area contributed by atoms with Gasteiger partial charge < -0.3 is 9.84 Å². The Hall–Kier alpha value is -1.87. The lowest BCUT2D eigenvalue weighted by Crippen LogP contribution is -2.07. The van der Waals surface area contributed by atoms with Crippen LogP contribution in [0, 0.1) is 13.8 Å². The lowest BCUT2D eigenvalue weighted by Gasteiger charge is -2.18. The Labute approximate surface area is 113 Å². The van der Waals surface area contributed by atoms with E-state index < -0.39 is 6.10 Å². The number of aliphatic hydroxyl groups excluding tert-OH is 1. The van der Waals surface area contributed by atoms with Crippen LogP contribution in [0.1, 0.15) is 28.4 Å². The van der Waals surface area contributed by atoms with Crippen LogP contribution in [-0.4, -0.2) is 17.2 Å². The van der Waals surface area contributed by atoms with Crippen LogP contribution in [0.3, 0.4) is 0 Å². The van der Waals surface area contributed by atoms with Gasteiger partial charge in [-0.05, 0) is 48.7 Å². The van der Waals surface area contributed by atoms with Gasteiger partial charge in [-0.25, -0.2) is 0 Å². The maximum atomic E-state index is 10.5. The van der Waals surface area contributed by atoms with Crippen LogP contribution >= 0.6 is 0 Å². The van der Waals surface area contributed by atoms with Crippen molar-refractivity contribution in [1.82, 2.24) is 4.98 Å². The predicted molar refractivity (Wildman–Crippen MR) is 75.4 cm³/mol. The van der Waals surface area contributed by atoms with E-state index in [1.807, 2.05) is 32.0 Å². The Morgan fingerprint density at radius 1 is 1.21 bits per heavy atom. The number of methoxy groups -OCH3 is 1. The molecule has 1 aromatic carbocycles. The van der Waals surface area contributed by atoms with Crippen LogP contribution in [0.4, 0.5) is 0 Å². The van der Waals surface area contributed by atoms with Gasteiger partial charge >= 0.3 is 0 Å². The van der Waals surface area contributed by atoms with Crippen molar-refractivity contribution in [2.45, 2.75) is 26.4 Å². The third-order valence-electron chi connectivity index (χ3n) is 3.22. The molecule has 3 nitrogen and oxygen atoms in total. The van der Waals surface area contributed by atoms with Gasteiger partial charge in [0.15, 0.2) is 0 Å². The highest BCUT2D eigenvalue weighted by Gasteiger charge is 2.17. The molecule has 0 amide bonds. The quantitative estimate of drug-likeness (QED) is 0.915. The van der Waals surface area contributed by atoms with Crippen molar-refractivity contribution in [2.24, 2.45) is 0 Å². The van der Waals surface area contributed by atoms with E-state index in [9.17, 15) is 5.11 Å². The maximum Gasteiger partial charge on any atom is 0.125 e. The number of pyridine rings is 1. The van der Waals surface area contributed by atoms with Crippen molar-refractivity contribution in [1.29, 1.82) is 0 Å². The zero-order valence-electron chi connectivity index (χ0n) is 11.6. The van der Waals surface area contributed by atoms with Crippen molar-refractivity contribution in [3.8, 4) is 5.75 Å². The van der Waals surface area contributed by atoms with Crippen LogP contribution in [0.5, 0.6) is 5.75 Å². The SMILES string of the molecule is COc1cc(C)cc(C)c1C(O)Cc1ccncc1. The van der Waals surface area contributed by atoms with Gasteiger partial charge in [-0.3, -0.25) is 4.98 Å². The molecule has 0 aliphatic rings. The van der Waals surface area contributed by atoms with Crippen LogP contribution in [0.25, 0.3) is 0 Å². The van der Waals surface area contributed by atoms with E-state index in [2.05, 4.69) is 11.1 Å². The summed E-state index contributed by atoms with van der Waals surface area (Å²) >= 11 is 0. The zero-order chi connectivity index (χ0) is 13.8. The van der Waals surface area contributed by atoms with Gasteiger partial charge in [0, 0.05) is 24.4 Å². The van der Waals surface area contributed by atoms with Gasteiger partial charge in [0.05, 0.1) is 13.2 Å². The molecular weight excluding hydrogens is 238 g/mol. The van der Waals surface area contributed by atoms with Crippen LogP contribution in [0.15, 0.2) is 36.7 Å². The summed E-state index contributed by atoms with van der Waals surface area (Å²) in [6.45, 7) is 4.02. The lowest BCUT2D eigenvalue weighted by molar-refractivity contribution is 0.173. The number of hydrogen-bond donors (Lipinski definition) is 1. The van der Waals surface area contributed by atoms with Crippen LogP contribution < -0.4 is 4.74 Å². The molecular formula is C16H19NO2. The standard InChI is InChI=1S/C16H19NO2/c1-11-8-12(2)16(15(9-11)19-3)14(18)10-13-4-6-17-7-5-13/h4-9,14,18H,10H2,1-3H3. The zero-order valence-corrected chi connectivity index (χ0v) is 11.6. The van der Waals surface area contributed by atoms with E-state index in [-0.39, 0.29) is 0 Å². The molecule has 1 unspecified atom stereocenters. The third kappa shape index (κ3) is 3.12. The first-order chi connectivity index (χ1) is 9.11. The van der Waals surface area contributed by atoms with Gasteiger partial charge in [0.2, 0.25) is 0 Å². The molecule has 19 heavy (non-hydrogen) atoms. The average molecular weight is 257 g/mol. The second kappa shape index (κ2) is 5.85. The summed E-state index contributed by atoms with van der Waals surface area (Å²) in [5, 5.41) is 10.5. The maximum absolute atomic E-state index is 10.5. The van der Waals surface area contributed by atoms with Crippen molar-refractivity contribution >= 4 is 0 Å². The Morgan fingerprint density at radius 3 is 2.53 bits per heavy atom. The number of aryl methyl sites for hydroxylation is 2. The van der Waals surface area contributed by atoms with Crippen molar-refractivity contribution in [2.75, 3.05) is 7.11 Å². The van der Waals surface area contributed by atoms with E-state index in [1.54, 1.807) is 19.5 Å². The highest BCUT2D eigenvalue weighted by molar-refractivity contribution is 5.44. The molecule has 1 heterocycles. The van der Waals surface area contributed by atoms with Gasteiger partial charge in [-0.15, -0.1) is 0 Å². The predicted octanol–water partition coefficient (Wildman–Crippen LogP) is 2.98. The summed E-state index contributed by atoms with van der Waals surface area (Å²) in [7, 11) is 1.64. The summed E-state index contributed by atoms with van der Waals surface area (Å²) in [5.41, 5.74) is 4.11. The fraction of sp³-hybridized carbons (Fsp3) is 0.312. The fourth-order valence-electron chi connectivity index (χ4n) is 2.38. The molecule has 1 aromatic heterocycles. The molecule has 1 atom stereocenters. The molecule has 0 fully saturated rings. The minimum absolute atomic E-state index is 0.558. The van der Waals surface area contributed by atoms with Crippen LogP contribution in [0.2, 0.25) is 0 Å². The highest BCUT2D eigenvalue weighted by atomic mass is 16.5. The summed E-state index contributed by atoms with van der Waals surface area (Å²) < 4.78 is 5.39. The largest absolute Gasteiger partial charge is 0.496 e. The summed E-state index contributed by atoms with van der Waals surface area (Å²) in [5.74, 6) is 0.749. The molecule has 2 aromatic rings. The van der Waals surface area contributed by atoms with E-state index in [0.29, 0.717) is 6.42 Å². The molecule has 2 rings (SSSR count). The van der Waals surface area contributed by atoms with Crippen molar-refractivity contribution < 1.29 is 9.84 Å². The van der Waals surface area contributed by atoms with Gasteiger partial charge in [0.1, 0.15) is 5.75 Å². The van der Waals surface area contributed by atoms with E-state index in [0.717, 1.165) is 28.0 Å². The number of aliphatic hydroxyl groups is 1. The minimum Gasteiger partial charge on any atom is -0.496 e. The fourth-order valence-corrected chi connectivity index (χ4v) is 2.38. The summed E-state index contributed by atoms with van der Waals surface area (Å²) in [6, 6.07) is 7.85. The summed E-state index contributed by atoms with van der Waals surface area (Å²) in [4.78, 5) is 3.98. The first-order valence-electron chi connectivity index (χ1n) is 6.34. The Balaban J connectivity index is 2.31. The Kier molecular flexibility index (Phi) is 4.17. The van der Waals surface area contributed by atoms with Gasteiger partial charge in [0.25, 0.3) is 0 Å². The normalized spacial score (nSPS) is 12.2. The monoisotopic (exact) mass is 257 g/mol. The number of aromatic nitrogens is 1. The number of benzene rings is 1.